The van der Waals surface area contributed by atoms with Crippen molar-refractivity contribution in [3.05, 3.63) is 29.8 Å². The Balaban J connectivity index is 1.92. The second-order valence-corrected chi connectivity index (χ2v) is 4.36. The predicted octanol–water partition coefficient (Wildman–Crippen LogP) is 0.492. The molecule has 0 atom stereocenters. The van der Waals surface area contributed by atoms with Crippen LogP contribution in [0.5, 0.6) is 0 Å². The topological polar surface area (TPSA) is 71.5 Å². The van der Waals surface area contributed by atoms with Crippen LogP contribution < -0.4 is 5.32 Å². The van der Waals surface area contributed by atoms with Gasteiger partial charge in [0, 0.05) is 32.6 Å². The van der Waals surface area contributed by atoms with Gasteiger partial charge < -0.3 is 15.2 Å². The molecule has 6 heteroatoms. The average Bonchev–Trinajstić information content (AvgIpc) is 2.37. The van der Waals surface area contributed by atoms with E-state index in [2.05, 4.69) is 10.3 Å². The minimum absolute atomic E-state index is 0.00524. The summed E-state index contributed by atoms with van der Waals surface area (Å²) in [5.41, 5.74) is -0.938. The fourth-order valence-electron chi connectivity index (χ4n) is 1.80. The van der Waals surface area contributed by atoms with E-state index >= 15 is 0 Å². The van der Waals surface area contributed by atoms with Crippen molar-refractivity contribution in [3.8, 4) is 0 Å². The maximum atomic E-state index is 12.8. The summed E-state index contributed by atoms with van der Waals surface area (Å²) in [5, 5.41) is 12.7. The Morgan fingerprint density at radius 3 is 2.89 bits per heavy atom. The van der Waals surface area contributed by atoms with Crippen LogP contribution >= 0.6 is 0 Å². The summed E-state index contributed by atoms with van der Waals surface area (Å²) in [6.45, 7) is 1.07. The Kier molecular flexibility index (Phi) is 3.88. The van der Waals surface area contributed by atoms with Crippen LogP contribution in [0.25, 0.3) is 0 Å². The number of rotatable bonds is 3. The number of carbonyl (C=O) groups excluding carboxylic acids is 1. The summed E-state index contributed by atoms with van der Waals surface area (Å²) in [5.74, 6) is -1.19. The summed E-state index contributed by atoms with van der Waals surface area (Å²) in [7, 11) is 0. The van der Waals surface area contributed by atoms with Gasteiger partial charge in [-0.1, -0.05) is 6.07 Å². The van der Waals surface area contributed by atoms with E-state index in [0.29, 0.717) is 26.1 Å². The number of aliphatic hydroxyl groups is 1. The lowest BCUT2D eigenvalue weighted by Crippen LogP contribution is -2.46. The van der Waals surface area contributed by atoms with Crippen LogP contribution in [0.15, 0.2) is 18.2 Å². The van der Waals surface area contributed by atoms with E-state index in [1.165, 1.54) is 18.2 Å². The van der Waals surface area contributed by atoms with Crippen molar-refractivity contribution in [3.63, 3.8) is 0 Å². The monoisotopic (exact) mass is 254 g/mol. The molecular formula is C12H15FN2O3. The van der Waals surface area contributed by atoms with Gasteiger partial charge in [-0.05, 0) is 12.1 Å². The smallest absolute Gasteiger partial charge is 0.270 e. The first-order valence-corrected chi connectivity index (χ1v) is 5.80. The molecule has 0 aliphatic carbocycles. The lowest BCUT2D eigenvalue weighted by molar-refractivity contribution is -0.0605. The van der Waals surface area contributed by atoms with Gasteiger partial charge in [0.25, 0.3) is 5.91 Å². The highest BCUT2D eigenvalue weighted by molar-refractivity contribution is 5.92. The van der Waals surface area contributed by atoms with Gasteiger partial charge in [0.1, 0.15) is 5.69 Å². The third-order valence-electron chi connectivity index (χ3n) is 2.95. The highest BCUT2D eigenvalue weighted by Crippen LogP contribution is 2.19. The molecule has 1 fully saturated rings. The number of hydrogen-bond donors (Lipinski definition) is 2. The first-order valence-electron chi connectivity index (χ1n) is 5.80. The van der Waals surface area contributed by atoms with Crippen LogP contribution in [0.3, 0.4) is 0 Å². The van der Waals surface area contributed by atoms with Crippen molar-refractivity contribution in [1.29, 1.82) is 0 Å². The molecule has 2 heterocycles. The fraction of sp³-hybridized carbons (Fsp3) is 0.500. The van der Waals surface area contributed by atoms with Crippen molar-refractivity contribution in [2.75, 3.05) is 19.8 Å². The summed E-state index contributed by atoms with van der Waals surface area (Å²) >= 11 is 0. The Morgan fingerprint density at radius 2 is 2.22 bits per heavy atom. The van der Waals surface area contributed by atoms with Crippen molar-refractivity contribution in [1.82, 2.24) is 10.3 Å². The number of nitrogens with zero attached hydrogens (tertiary/aromatic N) is 1. The number of nitrogens with one attached hydrogen (secondary N) is 1. The minimum Gasteiger partial charge on any atom is -0.388 e. The van der Waals surface area contributed by atoms with E-state index in [4.69, 9.17) is 4.74 Å². The van der Waals surface area contributed by atoms with Gasteiger partial charge >= 0.3 is 0 Å². The van der Waals surface area contributed by atoms with Gasteiger partial charge in [0.2, 0.25) is 5.95 Å². The van der Waals surface area contributed by atoms with Crippen LogP contribution in [-0.2, 0) is 4.74 Å². The Morgan fingerprint density at radius 1 is 1.50 bits per heavy atom. The van der Waals surface area contributed by atoms with Crippen molar-refractivity contribution in [2.24, 2.45) is 0 Å². The lowest BCUT2D eigenvalue weighted by Gasteiger charge is -2.31. The molecule has 1 saturated heterocycles. The third-order valence-corrected chi connectivity index (χ3v) is 2.95. The molecular weight excluding hydrogens is 239 g/mol. The summed E-state index contributed by atoms with van der Waals surface area (Å²) in [6, 6.07) is 4.01. The van der Waals surface area contributed by atoms with Gasteiger partial charge in [-0.25, -0.2) is 4.98 Å². The van der Waals surface area contributed by atoms with E-state index in [1.54, 1.807) is 0 Å². The largest absolute Gasteiger partial charge is 0.388 e. The number of aromatic nitrogens is 1. The van der Waals surface area contributed by atoms with Gasteiger partial charge in [-0.3, -0.25) is 4.79 Å². The molecule has 0 bridgehead atoms. The molecule has 1 amide bonds. The first kappa shape index (κ1) is 12.9. The zero-order valence-corrected chi connectivity index (χ0v) is 9.86. The number of halogens is 1. The molecule has 0 saturated carbocycles. The molecule has 1 aliphatic heterocycles. The second kappa shape index (κ2) is 5.41. The molecule has 2 N–H and O–H groups in total. The molecule has 1 aliphatic rings. The Hall–Kier alpha value is -1.53. The minimum atomic E-state index is -0.943. The quantitative estimate of drug-likeness (QED) is 0.770. The normalized spacial score (nSPS) is 18.3. The molecule has 0 spiro atoms. The predicted molar refractivity (Wildman–Crippen MR) is 61.5 cm³/mol. The molecule has 0 radical (unpaired) electrons. The van der Waals surface area contributed by atoms with Gasteiger partial charge in [-0.15, -0.1) is 0 Å². The number of carbonyl (C=O) groups is 1. The lowest BCUT2D eigenvalue weighted by atomic mass is 9.94. The summed E-state index contributed by atoms with van der Waals surface area (Å²) < 4.78 is 18.0. The number of ether oxygens (including phenoxy) is 1. The van der Waals surface area contributed by atoms with Crippen LogP contribution in [0.1, 0.15) is 23.3 Å². The standard InChI is InChI=1S/C12H15FN2O3/c13-10-3-1-2-9(15-10)11(16)14-8-12(17)4-6-18-7-5-12/h1-3,17H,4-8H2,(H,14,16). The maximum Gasteiger partial charge on any atom is 0.270 e. The molecule has 18 heavy (non-hydrogen) atoms. The highest BCUT2D eigenvalue weighted by atomic mass is 19.1. The first-order chi connectivity index (χ1) is 8.59. The van der Waals surface area contributed by atoms with Gasteiger partial charge in [0.05, 0.1) is 5.60 Å². The van der Waals surface area contributed by atoms with Crippen molar-refractivity contribution >= 4 is 5.91 Å². The fourth-order valence-corrected chi connectivity index (χ4v) is 1.80. The van der Waals surface area contributed by atoms with Gasteiger partial charge in [-0.2, -0.15) is 4.39 Å². The highest BCUT2D eigenvalue weighted by Gasteiger charge is 2.30. The van der Waals surface area contributed by atoms with Gasteiger partial charge in [0.15, 0.2) is 0 Å². The number of pyridine rings is 1. The zero-order chi connectivity index (χ0) is 13.0. The van der Waals surface area contributed by atoms with Crippen molar-refractivity contribution in [2.45, 2.75) is 18.4 Å². The SMILES string of the molecule is O=C(NCC1(O)CCOCC1)c1cccc(F)n1. The van der Waals surface area contributed by atoms with Crippen LogP contribution in [0.2, 0.25) is 0 Å². The van der Waals surface area contributed by atoms with Crippen LogP contribution in [0.4, 0.5) is 4.39 Å². The number of amides is 1. The third kappa shape index (κ3) is 3.24. The van der Waals surface area contributed by atoms with E-state index in [1.807, 2.05) is 0 Å². The summed E-state index contributed by atoms with van der Waals surface area (Å²) in [6.07, 6.45) is 0.952. The van der Waals surface area contributed by atoms with Crippen LogP contribution in [-0.4, -0.2) is 41.4 Å². The molecule has 5 nitrogen and oxygen atoms in total. The van der Waals surface area contributed by atoms with E-state index in [9.17, 15) is 14.3 Å². The molecule has 98 valence electrons. The molecule has 1 aromatic heterocycles. The molecule has 1 aromatic rings. The Bertz CT molecular complexity index is 433. The molecule has 2 rings (SSSR count). The summed E-state index contributed by atoms with van der Waals surface area (Å²) in [4.78, 5) is 15.2. The van der Waals surface area contributed by atoms with E-state index in [0.717, 1.165) is 0 Å². The zero-order valence-electron chi connectivity index (χ0n) is 9.86. The Labute approximate surface area is 104 Å². The average molecular weight is 254 g/mol. The van der Waals surface area contributed by atoms with E-state index in [-0.39, 0.29) is 12.2 Å². The second-order valence-electron chi connectivity index (χ2n) is 4.36. The number of hydrogen-bond acceptors (Lipinski definition) is 4. The van der Waals surface area contributed by atoms with E-state index < -0.39 is 17.5 Å². The molecule has 0 aromatic carbocycles. The molecule has 0 unspecified atom stereocenters. The maximum absolute atomic E-state index is 12.8. The van der Waals surface area contributed by atoms with Crippen LogP contribution in [0, 0.1) is 5.95 Å². The van der Waals surface area contributed by atoms with Crippen molar-refractivity contribution < 1.29 is 19.0 Å².